The van der Waals surface area contributed by atoms with Gasteiger partial charge >= 0.3 is 5.97 Å². The number of carboxylic acids is 1. The zero-order valence-corrected chi connectivity index (χ0v) is 11.9. The highest BCUT2D eigenvalue weighted by atomic mass is 32.2. The second-order valence-corrected chi connectivity index (χ2v) is 5.03. The van der Waals surface area contributed by atoms with Crippen molar-refractivity contribution in [3.63, 3.8) is 0 Å². The number of nitrogens with zero attached hydrogens (tertiary/aromatic N) is 1. The van der Waals surface area contributed by atoms with Crippen molar-refractivity contribution < 1.29 is 14.8 Å². The Morgan fingerprint density at radius 1 is 1.24 bits per heavy atom. The van der Waals surface area contributed by atoms with Crippen molar-refractivity contribution in [3.8, 4) is 0 Å². The summed E-state index contributed by atoms with van der Waals surface area (Å²) in [6, 6.07) is 11.5. The molecular formula is C14H12N2O4S. The van der Waals surface area contributed by atoms with Crippen LogP contribution in [0.4, 0.5) is 17.1 Å². The smallest absolute Gasteiger partial charge is 0.342 e. The first-order chi connectivity index (χ1) is 10.0. The van der Waals surface area contributed by atoms with Crippen LogP contribution < -0.4 is 5.32 Å². The second kappa shape index (κ2) is 6.27. The molecule has 0 saturated heterocycles. The van der Waals surface area contributed by atoms with Gasteiger partial charge in [-0.25, -0.2) is 4.79 Å². The molecule has 2 aromatic carbocycles. The second-order valence-electron chi connectivity index (χ2n) is 4.15. The fourth-order valence-corrected chi connectivity index (χ4v) is 2.27. The highest BCUT2D eigenvalue weighted by Crippen LogP contribution is 2.27. The number of anilines is 2. The predicted octanol–water partition coefficient (Wildman–Crippen LogP) is 3.76. The van der Waals surface area contributed by atoms with E-state index < -0.39 is 16.6 Å². The molecule has 2 aromatic rings. The Hall–Kier alpha value is -2.54. The van der Waals surface area contributed by atoms with Crippen molar-refractivity contribution in [3.05, 3.63) is 58.1 Å². The molecule has 0 spiro atoms. The quantitative estimate of drug-likeness (QED) is 0.496. The van der Waals surface area contributed by atoms with Crippen LogP contribution in [-0.4, -0.2) is 22.3 Å². The number of nitro benzene ring substituents is 1. The van der Waals surface area contributed by atoms with E-state index in [4.69, 9.17) is 5.11 Å². The normalized spacial score (nSPS) is 10.1. The SMILES string of the molecule is CSc1cccc(Nc2ccc(C(=O)O)c([N+](=O)[O-])c2)c1. The maximum absolute atomic E-state index is 11.0. The topological polar surface area (TPSA) is 92.5 Å². The molecule has 2 rings (SSSR count). The summed E-state index contributed by atoms with van der Waals surface area (Å²) < 4.78 is 0. The lowest BCUT2D eigenvalue weighted by Gasteiger charge is -2.08. The van der Waals surface area contributed by atoms with Gasteiger partial charge in [0.2, 0.25) is 0 Å². The highest BCUT2D eigenvalue weighted by molar-refractivity contribution is 7.98. The van der Waals surface area contributed by atoms with Crippen molar-refractivity contribution >= 4 is 34.8 Å². The van der Waals surface area contributed by atoms with Crippen LogP contribution in [-0.2, 0) is 0 Å². The minimum Gasteiger partial charge on any atom is -0.477 e. The maximum atomic E-state index is 11.0. The van der Waals surface area contributed by atoms with Crippen LogP contribution in [0, 0.1) is 10.1 Å². The van der Waals surface area contributed by atoms with Crippen molar-refractivity contribution in [2.75, 3.05) is 11.6 Å². The number of aromatic carboxylic acids is 1. The Labute approximate surface area is 125 Å². The zero-order chi connectivity index (χ0) is 15.4. The van der Waals surface area contributed by atoms with Crippen molar-refractivity contribution in [2.24, 2.45) is 0 Å². The summed E-state index contributed by atoms with van der Waals surface area (Å²) in [5.41, 5.74) is 0.473. The molecule has 0 radical (unpaired) electrons. The molecule has 0 unspecified atom stereocenters. The zero-order valence-electron chi connectivity index (χ0n) is 11.1. The first-order valence-corrected chi connectivity index (χ1v) is 7.16. The average Bonchev–Trinajstić information content (AvgIpc) is 2.47. The molecule has 0 saturated carbocycles. The summed E-state index contributed by atoms with van der Waals surface area (Å²) >= 11 is 1.58. The molecule has 6 nitrogen and oxygen atoms in total. The van der Waals surface area contributed by atoms with Gasteiger partial charge in [0.05, 0.1) is 4.92 Å². The number of benzene rings is 2. The van der Waals surface area contributed by atoms with E-state index in [-0.39, 0.29) is 5.56 Å². The van der Waals surface area contributed by atoms with Crippen molar-refractivity contribution in [2.45, 2.75) is 4.90 Å². The minimum absolute atomic E-state index is 0.330. The van der Waals surface area contributed by atoms with Gasteiger partial charge in [-0.2, -0.15) is 0 Å². The fourth-order valence-electron chi connectivity index (χ4n) is 1.81. The molecule has 0 aliphatic carbocycles. The molecule has 7 heteroatoms. The van der Waals surface area contributed by atoms with Crippen LogP contribution >= 0.6 is 11.8 Å². The molecule has 0 bridgehead atoms. The number of carbonyl (C=O) groups is 1. The number of carboxylic acid groups (broad SMARTS) is 1. The van der Waals surface area contributed by atoms with Crippen LogP contribution in [0.3, 0.4) is 0 Å². The monoisotopic (exact) mass is 304 g/mol. The molecule has 108 valence electrons. The maximum Gasteiger partial charge on any atom is 0.342 e. The first kappa shape index (κ1) is 14.9. The Kier molecular flexibility index (Phi) is 4.44. The van der Waals surface area contributed by atoms with Gasteiger partial charge in [-0.1, -0.05) is 6.07 Å². The Balaban J connectivity index is 2.34. The van der Waals surface area contributed by atoms with E-state index in [1.165, 1.54) is 18.2 Å². The van der Waals surface area contributed by atoms with E-state index in [0.29, 0.717) is 5.69 Å². The van der Waals surface area contributed by atoms with Crippen LogP contribution in [0.5, 0.6) is 0 Å². The molecule has 0 amide bonds. The molecule has 0 aliphatic heterocycles. The molecule has 0 aliphatic rings. The van der Waals surface area contributed by atoms with Gasteiger partial charge in [-0.3, -0.25) is 10.1 Å². The lowest BCUT2D eigenvalue weighted by molar-refractivity contribution is -0.385. The summed E-state index contributed by atoms with van der Waals surface area (Å²) in [7, 11) is 0. The molecule has 0 fully saturated rings. The fraction of sp³-hybridized carbons (Fsp3) is 0.0714. The average molecular weight is 304 g/mol. The van der Waals surface area contributed by atoms with Gasteiger partial charge in [-0.05, 0) is 36.6 Å². The molecule has 21 heavy (non-hydrogen) atoms. The molecule has 0 aromatic heterocycles. The summed E-state index contributed by atoms with van der Waals surface area (Å²) in [6.07, 6.45) is 1.95. The van der Waals surface area contributed by atoms with E-state index in [9.17, 15) is 14.9 Å². The summed E-state index contributed by atoms with van der Waals surface area (Å²) in [5, 5.41) is 22.9. The van der Waals surface area contributed by atoms with Crippen molar-refractivity contribution in [1.82, 2.24) is 0 Å². The number of hydrogen-bond acceptors (Lipinski definition) is 5. The number of nitrogens with one attached hydrogen (secondary N) is 1. The van der Waals surface area contributed by atoms with E-state index >= 15 is 0 Å². The van der Waals surface area contributed by atoms with Gasteiger partial charge in [0.1, 0.15) is 5.56 Å². The third-order valence-corrected chi connectivity index (χ3v) is 3.51. The first-order valence-electron chi connectivity index (χ1n) is 5.94. The largest absolute Gasteiger partial charge is 0.477 e. The van der Waals surface area contributed by atoms with Crippen LogP contribution in [0.1, 0.15) is 10.4 Å². The summed E-state index contributed by atoms with van der Waals surface area (Å²) in [4.78, 5) is 22.2. The predicted molar refractivity (Wildman–Crippen MR) is 81.6 cm³/mol. The van der Waals surface area contributed by atoms with E-state index in [1.807, 2.05) is 30.5 Å². The van der Waals surface area contributed by atoms with Gasteiger partial charge in [-0.15, -0.1) is 11.8 Å². The standard InChI is InChI=1S/C14H12N2O4S/c1-21-11-4-2-3-9(7-11)15-10-5-6-12(14(17)18)13(8-10)16(19)20/h2-8,15H,1H3,(H,17,18). The van der Waals surface area contributed by atoms with Crippen molar-refractivity contribution in [1.29, 1.82) is 0 Å². The van der Waals surface area contributed by atoms with Gasteiger partial charge in [0.25, 0.3) is 5.69 Å². The third-order valence-electron chi connectivity index (χ3n) is 2.78. The Morgan fingerprint density at radius 2 is 1.95 bits per heavy atom. The molecule has 2 N–H and O–H groups in total. The Bertz CT molecular complexity index is 703. The Morgan fingerprint density at radius 3 is 2.57 bits per heavy atom. The van der Waals surface area contributed by atoms with Crippen LogP contribution in [0.2, 0.25) is 0 Å². The number of nitro groups is 1. The third kappa shape index (κ3) is 3.51. The lowest BCUT2D eigenvalue weighted by Crippen LogP contribution is -2.03. The summed E-state index contributed by atoms with van der Waals surface area (Å²) in [6.45, 7) is 0. The minimum atomic E-state index is -1.32. The van der Waals surface area contributed by atoms with Crippen LogP contribution in [0.15, 0.2) is 47.4 Å². The van der Waals surface area contributed by atoms with Crippen LogP contribution in [0.25, 0.3) is 0 Å². The molecule has 0 heterocycles. The molecule has 0 atom stereocenters. The number of thioether (sulfide) groups is 1. The van der Waals surface area contributed by atoms with Gasteiger partial charge < -0.3 is 10.4 Å². The molecular weight excluding hydrogens is 292 g/mol. The highest BCUT2D eigenvalue weighted by Gasteiger charge is 2.20. The number of hydrogen-bond donors (Lipinski definition) is 2. The van der Waals surface area contributed by atoms with Gasteiger partial charge in [0.15, 0.2) is 0 Å². The van der Waals surface area contributed by atoms with E-state index in [1.54, 1.807) is 11.8 Å². The number of rotatable bonds is 5. The van der Waals surface area contributed by atoms with E-state index in [2.05, 4.69) is 5.32 Å². The summed E-state index contributed by atoms with van der Waals surface area (Å²) in [5.74, 6) is -1.32. The van der Waals surface area contributed by atoms with Gasteiger partial charge in [0, 0.05) is 22.3 Å². The lowest BCUT2D eigenvalue weighted by atomic mass is 10.1. The van der Waals surface area contributed by atoms with E-state index in [0.717, 1.165) is 10.6 Å².